The maximum atomic E-state index is 13.7. The van der Waals surface area contributed by atoms with Crippen LogP contribution in [0, 0.1) is 5.92 Å². The molecule has 0 saturated heterocycles. The molecule has 3 aromatic carbocycles. The summed E-state index contributed by atoms with van der Waals surface area (Å²) in [5, 5.41) is 4.19. The fraction of sp³-hybridized carbons (Fsp3) is 0.125. The van der Waals surface area contributed by atoms with Crippen LogP contribution in [0.25, 0.3) is 0 Å². The van der Waals surface area contributed by atoms with Gasteiger partial charge in [-0.15, -0.1) is 11.8 Å². The number of carbonyl (C=O) groups excluding carboxylic acids is 1. The Balaban J connectivity index is 1.75. The molecule has 0 unspecified atom stereocenters. The number of hydrogen-bond donors (Lipinski definition) is 0. The van der Waals surface area contributed by atoms with Crippen LogP contribution < -0.4 is 0 Å². The van der Waals surface area contributed by atoms with Crippen molar-refractivity contribution in [1.82, 2.24) is 14.8 Å². The quantitative estimate of drug-likeness (QED) is 0.228. The summed E-state index contributed by atoms with van der Waals surface area (Å²) in [6.07, 6.45) is 3.17. The molecule has 150 valence electrons. The van der Waals surface area contributed by atoms with Gasteiger partial charge in [-0.05, 0) is 29.8 Å². The van der Waals surface area contributed by atoms with E-state index in [9.17, 15) is 4.79 Å². The molecule has 0 fully saturated rings. The Labute approximate surface area is 188 Å². The monoisotopic (exact) mass is 477 g/mol. The summed E-state index contributed by atoms with van der Waals surface area (Å²) in [4.78, 5) is 18.9. The van der Waals surface area contributed by atoms with Crippen LogP contribution in [-0.4, -0.2) is 20.5 Å². The first-order valence-corrected chi connectivity index (χ1v) is 11.3. The third-order valence-corrected chi connectivity index (χ3v) is 6.74. The van der Waals surface area contributed by atoms with E-state index in [0.717, 1.165) is 14.9 Å². The zero-order valence-electron chi connectivity index (χ0n) is 16.1. The smallest absolute Gasteiger partial charge is 0.169 e. The summed E-state index contributed by atoms with van der Waals surface area (Å²) >= 11 is 5.16. The highest BCUT2D eigenvalue weighted by molar-refractivity contribution is 9.10. The summed E-state index contributed by atoms with van der Waals surface area (Å²) in [5.74, 6) is -0.226. The lowest BCUT2D eigenvalue weighted by Gasteiger charge is -2.26. The van der Waals surface area contributed by atoms with Crippen molar-refractivity contribution in [2.24, 2.45) is 5.92 Å². The van der Waals surface area contributed by atoms with Gasteiger partial charge in [-0.1, -0.05) is 76.6 Å². The molecule has 30 heavy (non-hydrogen) atoms. The van der Waals surface area contributed by atoms with Crippen LogP contribution >= 0.6 is 27.7 Å². The molecule has 0 amide bonds. The number of carbonyl (C=O) groups is 1. The van der Waals surface area contributed by atoms with Gasteiger partial charge in [0.25, 0.3) is 0 Å². The Morgan fingerprint density at radius 3 is 2.23 bits per heavy atom. The van der Waals surface area contributed by atoms with E-state index < -0.39 is 0 Å². The lowest BCUT2D eigenvalue weighted by molar-refractivity contribution is 0.0901. The fourth-order valence-electron chi connectivity index (χ4n) is 3.34. The van der Waals surface area contributed by atoms with E-state index in [1.807, 2.05) is 60.7 Å². The van der Waals surface area contributed by atoms with Gasteiger partial charge >= 0.3 is 0 Å². The average molecular weight is 478 g/mol. The summed E-state index contributed by atoms with van der Waals surface area (Å²) in [5.41, 5.74) is 1.81. The standard InChI is InChI=1S/C24H20BrN3OS/c25-20-13-11-18(12-14-20)23(29)22(15-28-17-26-16-27-28)24(19-7-3-1-4-8-19)30-21-9-5-2-6-10-21/h1-14,16-17,22,24H,15H2/t22-,24+/m0/s1. The molecular formula is C24H20BrN3OS. The van der Waals surface area contributed by atoms with E-state index in [0.29, 0.717) is 12.1 Å². The number of ketones is 1. The zero-order valence-corrected chi connectivity index (χ0v) is 18.5. The van der Waals surface area contributed by atoms with Crippen molar-refractivity contribution >= 4 is 33.5 Å². The Kier molecular flexibility index (Phi) is 6.77. The first-order valence-electron chi connectivity index (χ1n) is 9.59. The molecule has 0 aliphatic rings. The van der Waals surface area contributed by atoms with Crippen molar-refractivity contribution in [2.75, 3.05) is 0 Å². The molecule has 1 aromatic heterocycles. The highest BCUT2D eigenvalue weighted by atomic mass is 79.9. The number of Topliss-reactive ketones (excluding diaryl/α,β-unsaturated/α-hetero) is 1. The first-order chi connectivity index (χ1) is 14.7. The second kappa shape index (κ2) is 9.87. The second-order valence-corrected chi connectivity index (χ2v) is 8.99. The van der Waals surface area contributed by atoms with Crippen LogP contribution in [0.15, 0.2) is 107 Å². The van der Waals surface area contributed by atoms with Gasteiger partial charge < -0.3 is 0 Å². The number of hydrogen-bond acceptors (Lipinski definition) is 4. The molecule has 0 spiro atoms. The summed E-state index contributed by atoms with van der Waals surface area (Å²) in [7, 11) is 0. The van der Waals surface area contributed by atoms with E-state index >= 15 is 0 Å². The zero-order chi connectivity index (χ0) is 20.8. The highest BCUT2D eigenvalue weighted by Crippen LogP contribution is 2.42. The molecule has 4 aromatic rings. The van der Waals surface area contributed by atoms with Crippen molar-refractivity contribution < 1.29 is 4.79 Å². The van der Waals surface area contributed by atoms with Crippen molar-refractivity contribution in [1.29, 1.82) is 0 Å². The Bertz CT molecular complexity index is 1070. The van der Waals surface area contributed by atoms with Crippen LogP contribution in [0.1, 0.15) is 21.2 Å². The van der Waals surface area contributed by atoms with Crippen LogP contribution in [0.5, 0.6) is 0 Å². The minimum atomic E-state index is -0.319. The lowest BCUT2D eigenvalue weighted by atomic mass is 9.90. The summed E-state index contributed by atoms with van der Waals surface area (Å²) in [6.45, 7) is 0.453. The predicted octanol–water partition coefficient (Wildman–Crippen LogP) is 6.07. The van der Waals surface area contributed by atoms with Gasteiger partial charge in [-0.3, -0.25) is 9.48 Å². The molecule has 4 nitrogen and oxygen atoms in total. The molecular weight excluding hydrogens is 458 g/mol. The third kappa shape index (κ3) is 5.07. The van der Waals surface area contributed by atoms with Crippen molar-refractivity contribution in [3.63, 3.8) is 0 Å². The molecule has 4 rings (SSSR count). The minimum Gasteiger partial charge on any atom is -0.294 e. The maximum Gasteiger partial charge on any atom is 0.169 e. The van der Waals surface area contributed by atoms with Gasteiger partial charge in [0.1, 0.15) is 12.7 Å². The number of thioether (sulfide) groups is 1. The van der Waals surface area contributed by atoms with Crippen molar-refractivity contribution in [3.05, 3.63) is 113 Å². The molecule has 1 heterocycles. The Morgan fingerprint density at radius 2 is 1.60 bits per heavy atom. The molecule has 0 N–H and O–H groups in total. The molecule has 2 atom stereocenters. The van der Waals surface area contributed by atoms with Crippen LogP contribution in [0.3, 0.4) is 0 Å². The van der Waals surface area contributed by atoms with Crippen LogP contribution in [0.2, 0.25) is 0 Å². The SMILES string of the molecule is O=C(c1ccc(Br)cc1)[C@H](Cn1cncn1)[C@H](Sc1ccccc1)c1ccccc1. The summed E-state index contributed by atoms with van der Waals surface area (Å²) < 4.78 is 2.69. The third-order valence-electron chi connectivity index (χ3n) is 4.82. The van der Waals surface area contributed by atoms with E-state index in [1.54, 1.807) is 22.8 Å². The Morgan fingerprint density at radius 1 is 0.933 bits per heavy atom. The van der Waals surface area contributed by atoms with E-state index in [4.69, 9.17) is 0 Å². The normalized spacial score (nSPS) is 13.0. The lowest BCUT2D eigenvalue weighted by Crippen LogP contribution is -2.26. The van der Waals surface area contributed by atoms with E-state index in [2.05, 4.69) is 50.3 Å². The first kappa shape index (κ1) is 20.6. The topological polar surface area (TPSA) is 47.8 Å². The number of aromatic nitrogens is 3. The molecule has 0 bridgehead atoms. The number of nitrogens with zero attached hydrogens (tertiary/aromatic N) is 3. The van der Waals surface area contributed by atoms with Gasteiger partial charge in [0, 0.05) is 20.2 Å². The minimum absolute atomic E-state index is 0.0750. The molecule has 0 radical (unpaired) electrons. The summed E-state index contributed by atoms with van der Waals surface area (Å²) in [6, 6.07) is 28.0. The van der Waals surface area contributed by atoms with Gasteiger partial charge in [-0.25, -0.2) is 4.98 Å². The van der Waals surface area contributed by atoms with Crippen molar-refractivity contribution in [3.8, 4) is 0 Å². The number of halogens is 1. The largest absolute Gasteiger partial charge is 0.294 e. The van der Waals surface area contributed by atoms with Crippen molar-refractivity contribution in [2.45, 2.75) is 16.7 Å². The average Bonchev–Trinajstić information content (AvgIpc) is 3.31. The van der Waals surface area contributed by atoms with E-state index in [-0.39, 0.29) is 17.0 Å². The number of rotatable bonds is 8. The number of benzene rings is 3. The van der Waals surface area contributed by atoms with E-state index in [1.165, 1.54) is 6.33 Å². The predicted molar refractivity (Wildman–Crippen MR) is 123 cm³/mol. The molecule has 0 saturated carbocycles. The van der Waals surface area contributed by atoms with Gasteiger partial charge in [-0.2, -0.15) is 5.10 Å². The van der Waals surface area contributed by atoms with Crippen LogP contribution in [0.4, 0.5) is 0 Å². The molecule has 0 aliphatic heterocycles. The fourth-order valence-corrected chi connectivity index (χ4v) is 4.88. The van der Waals surface area contributed by atoms with Gasteiger partial charge in [0.05, 0.1) is 12.5 Å². The van der Waals surface area contributed by atoms with Gasteiger partial charge in [0.2, 0.25) is 0 Å². The maximum absolute atomic E-state index is 13.7. The Hall–Kier alpha value is -2.70. The highest BCUT2D eigenvalue weighted by Gasteiger charge is 2.32. The molecule has 0 aliphatic carbocycles. The second-order valence-electron chi connectivity index (χ2n) is 6.86. The van der Waals surface area contributed by atoms with Gasteiger partial charge in [0.15, 0.2) is 5.78 Å². The van der Waals surface area contributed by atoms with Crippen LogP contribution in [-0.2, 0) is 6.54 Å². The molecule has 6 heteroatoms.